The standard InChI is InChI=1S/C19H29N3O4/c1-11-17(12(2)26-21-11)18(25)20-10-14-9-19(4)15(22(14)13(3)23)7-5-6-8-16(19)24/h14-16,24H,5-10H2,1-4H3,(H,20,25)/t14-,15-,16+,19-/m1/s1. The summed E-state index contributed by atoms with van der Waals surface area (Å²) in [6, 6.07) is -0.0851. The van der Waals surface area contributed by atoms with Crippen LogP contribution < -0.4 is 5.32 Å². The number of likely N-dealkylation sites (tertiary alicyclic amines) is 1. The van der Waals surface area contributed by atoms with Gasteiger partial charge in [0.05, 0.1) is 17.8 Å². The van der Waals surface area contributed by atoms with Gasteiger partial charge >= 0.3 is 0 Å². The van der Waals surface area contributed by atoms with Crippen molar-refractivity contribution in [2.45, 2.75) is 78.0 Å². The Bertz CT molecular complexity index is 681. The van der Waals surface area contributed by atoms with E-state index in [9.17, 15) is 14.7 Å². The van der Waals surface area contributed by atoms with Crippen LogP contribution in [0.25, 0.3) is 0 Å². The number of rotatable bonds is 3. The summed E-state index contributed by atoms with van der Waals surface area (Å²) >= 11 is 0. The maximum atomic E-state index is 12.5. The molecule has 144 valence electrons. The molecule has 7 heteroatoms. The SMILES string of the molecule is CC(=O)N1[C@@H](CNC(=O)c2c(C)noc2C)C[C@@]2(C)[C@@H](O)CCCC[C@@H]12. The molecule has 0 aromatic carbocycles. The maximum Gasteiger partial charge on any atom is 0.256 e. The number of carbonyl (C=O) groups is 2. The Balaban J connectivity index is 1.77. The van der Waals surface area contributed by atoms with Gasteiger partial charge in [0, 0.05) is 24.9 Å². The van der Waals surface area contributed by atoms with Gasteiger partial charge in [0.15, 0.2) is 0 Å². The largest absolute Gasteiger partial charge is 0.392 e. The third kappa shape index (κ3) is 3.13. The lowest BCUT2D eigenvalue weighted by atomic mass is 9.75. The first-order valence-corrected chi connectivity index (χ1v) is 9.43. The molecule has 4 atom stereocenters. The van der Waals surface area contributed by atoms with Crippen LogP contribution in [0.15, 0.2) is 4.52 Å². The normalized spacial score (nSPS) is 31.4. The summed E-state index contributed by atoms with van der Waals surface area (Å²) in [4.78, 5) is 26.8. The second-order valence-corrected chi connectivity index (χ2v) is 8.02. The summed E-state index contributed by atoms with van der Waals surface area (Å²) in [6.45, 7) is 7.47. The van der Waals surface area contributed by atoms with E-state index in [0.29, 0.717) is 30.0 Å². The smallest absolute Gasteiger partial charge is 0.256 e. The van der Waals surface area contributed by atoms with Crippen molar-refractivity contribution in [3.05, 3.63) is 17.0 Å². The van der Waals surface area contributed by atoms with Crippen LogP contribution in [0.3, 0.4) is 0 Å². The molecule has 26 heavy (non-hydrogen) atoms. The summed E-state index contributed by atoms with van der Waals surface area (Å²) in [5, 5.41) is 17.4. The second kappa shape index (κ2) is 7.02. The lowest BCUT2D eigenvalue weighted by molar-refractivity contribution is -0.133. The number of amides is 2. The highest BCUT2D eigenvalue weighted by Gasteiger charge is 2.54. The van der Waals surface area contributed by atoms with Crippen LogP contribution in [-0.4, -0.2) is 51.7 Å². The van der Waals surface area contributed by atoms with E-state index in [1.165, 1.54) is 0 Å². The van der Waals surface area contributed by atoms with Crippen LogP contribution >= 0.6 is 0 Å². The Hall–Kier alpha value is -1.89. The predicted molar refractivity (Wildman–Crippen MR) is 95.6 cm³/mol. The summed E-state index contributed by atoms with van der Waals surface area (Å²) < 4.78 is 5.06. The monoisotopic (exact) mass is 363 g/mol. The predicted octanol–water partition coefficient (Wildman–Crippen LogP) is 1.95. The zero-order chi connectivity index (χ0) is 19.1. The van der Waals surface area contributed by atoms with Gasteiger partial charge in [-0.3, -0.25) is 9.59 Å². The van der Waals surface area contributed by atoms with Crippen molar-refractivity contribution in [1.82, 2.24) is 15.4 Å². The van der Waals surface area contributed by atoms with Crippen molar-refractivity contribution in [2.75, 3.05) is 6.54 Å². The van der Waals surface area contributed by atoms with E-state index in [1.54, 1.807) is 20.8 Å². The molecule has 2 fully saturated rings. The quantitative estimate of drug-likeness (QED) is 0.856. The highest BCUT2D eigenvalue weighted by atomic mass is 16.5. The van der Waals surface area contributed by atoms with E-state index >= 15 is 0 Å². The fraction of sp³-hybridized carbons (Fsp3) is 0.737. The third-order valence-electron chi connectivity index (χ3n) is 6.25. The molecule has 1 saturated heterocycles. The minimum absolute atomic E-state index is 0.00409. The molecule has 3 rings (SSSR count). The van der Waals surface area contributed by atoms with E-state index < -0.39 is 6.10 Å². The van der Waals surface area contributed by atoms with Gasteiger partial charge < -0.3 is 19.8 Å². The minimum atomic E-state index is -0.417. The summed E-state index contributed by atoms with van der Waals surface area (Å²) in [5.41, 5.74) is 0.695. The molecule has 1 aromatic rings. The highest BCUT2D eigenvalue weighted by Crippen LogP contribution is 2.48. The molecule has 1 aliphatic carbocycles. The fourth-order valence-electron chi connectivity index (χ4n) is 4.90. The Morgan fingerprint density at radius 2 is 2.04 bits per heavy atom. The van der Waals surface area contributed by atoms with Crippen molar-refractivity contribution >= 4 is 11.8 Å². The van der Waals surface area contributed by atoms with Gasteiger partial charge in [-0.05, 0) is 33.1 Å². The van der Waals surface area contributed by atoms with Gasteiger partial charge in [-0.1, -0.05) is 24.9 Å². The number of hydrogen-bond donors (Lipinski definition) is 2. The molecule has 2 amide bonds. The molecule has 1 aromatic heterocycles. The minimum Gasteiger partial charge on any atom is -0.392 e. The number of aryl methyl sites for hydroxylation is 2. The van der Waals surface area contributed by atoms with Gasteiger partial charge in [-0.25, -0.2) is 0 Å². The molecule has 1 saturated carbocycles. The van der Waals surface area contributed by atoms with Crippen LogP contribution in [0.5, 0.6) is 0 Å². The van der Waals surface area contributed by atoms with Crippen LogP contribution in [0, 0.1) is 19.3 Å². The first-order valence-electron chi connectivity index (χ1n) is 9.43. The highest BCUT2D eigenvalue weighted by molar-refractivity contribution is 5.96. The zero-order valence-corrected chi connectivity index (χ0v) is 16.0. The number of fused-ring (bicyclic) bond motifs is 1. The van der Waals surface area contributed by atoms with E-state index in [-0.39, 0.29) is 29.3 Å². The van der Waals surface area contributed by atoms with E-state index in [4.69, 9.17) is 4.52 Å². The Morgan fingerprint density at radius 3 is 2.65 bits per heavy atom. The van der Waals surface area contributed by atoms with Gasteiger partial charge in [-0.2, -0.15) is 0 Å². The number of nitrogens with one attached hydrogen (secondary N) is 1. The summed E-state index contributed by atoms with van der Waals surface area (Å²) in [6.07, 6.45) is 3.96. The zero-order valence-electron chi connectivity index (χ0n) is 16.0. The van der Waals surface area contributed by atoms with Crippen molar-refractivity contribution in [3.63, 3.8) is 0 Å². The lowest BCUT2D eigenvalue weighted by Crippen LogP contribution is -2.48. The van der Waals surface area contributed by atoms with Crippen molar-refractivity contribution < 1.29 is 19.2 Å². The van der Waals surface area contributed by atoms with E-state index in [1.807, 2.05) is 4.90 Å². The molecule has 0 unspecified atom stereocenters. The van der Waals surface area contributed by atoms with Gasteiger partial charge in [0.2, 0.25) is 5.91 Å². The number of aromatic nitrogens is 1. The number of aliphatic hydroxyl groups is 1. The molecule has 2 heterocycles. The third-order valence-corrected chi connectivity index (χ3v) is 6.25. The van der Waals surface area contributed by atoms with Crippen molar-refractivity contribution in [2.24, 2.45) is 5.41 Å². The van der Waals surface area contributed by atoms with E-state index in [0.717, 1.165) is 25.7 Å². The van der Waals surface area contributed by atoms with Gasteiger partial charge in [0.25, 0.3) is 5.91 Å². The Morgan fingerprint density at radius 1 is 1.35 bits per heavy atom. The van der Waals surface area contributed by atoms with E-state index in [2.05, 4.69) is 17.4 Å². The number of hydrogen-bond acceptors (Lipinski definition) is 5. The summed E-state index contributed by atoms with van der Waals surface area (Å²) in [7, 11) is 0. The molecule has 0 bridgehead atoms. The van der Waals surface area contributed by atoms with Crippen LogP contribution in [-0.2, 0) is 4.79 Å². The van der Waals surface area contributed by atoms with Crippen LogP contribution in [0.2, 0.25) is 0 Å². The van der Waals surface area contributed by atoms with Gasteiger partial charge in [0.1, 0.15) is 11.3 Å². The lowest BCUT2D eigenvalue weighted by Gasteiger charge is -2.37. The molecule has 0 spiro atoms. The maximum absolute atomic E-state index is 12.5. The molecule has 2 N–H and O–H groups in total. The molecular weight excluding hydrogens is 334 g/mol. The fourth-order valence-corrected chi connectivity index (χ4v) is 4.90. The van der Waals surface area contributed by atoms with Crippen molar-refractivity contribution in [3.8, 4) is 0 Å². The number of carbonyl (C=O) groups excluding carboxylic acids is 2. The molecule has 7 nitrogen and oxygen atoms in total. The van der Waals surface area contributed by atoms with Gasteiger partial charge in [-0.15, -0.1) is 0 Å². The Labute approximate surface area is 154 Å². The first kappa shape index (κ1) is 18.9. The number of nitrogens with zero attached hydrogens (tertiary/aromatic N) is 2. The van der Waals surface area contributed by atoms with Crippen molar-refractivity contribution in [1.29, 1.82) is 0 Å². The van der Waals surface area contributed by atoms with Crippen LogP contribution in [0.4, 0.5) is 0 Å². The molecular formula is C19H29N3O4. The van der Waals surface area contributed by atoms with Crippen LogP contribution in [0.1, 0.15) is 67.8 Å². The Kier molecular flexibility index (Phi) is 5.10. The first-order chi connectivity index (χ1) is 12.3. The number of aliphatic hydroxyl groups excluding tert-OH is 1. The molecule has 2 aliphatic rings. The average molecular weight is 363 g/mol. The molecule has 0 radical (unpaired) electrons. The molecule has 1 aliphatic heterocycles. The summed E-state index contributed by atoms with van der Waals surface area (Å²) in [5.74, 6) is 0.259. The second-order valence-electron chi connectivity index (χ2n) is 8.02. The average Bonchev–Trinajstić information content (AvgIpc) is 3.02. The topological polar surface area (TPSA) is 95.7 Å².